The highest BCUT2D eigenvalue weighted by atomic mass is 32.2. The van der Waals surface area contributed by atoms with Crippen LogP contribution >= 0.6 is 0 Å². The molecular formula is C12H20N2O2S. The number of ether oxygens (including phenoxy) is 1. The van der Waals surface area contributed by atoms with Gasteiger partial charge in [-0.3, -0.25) is 0 Å². The molecule has 0 aromatic carbocycles. The normalized spacial score (nSPS) is 15.4. The van der Waals surface area contributed by atoms with Crippen molar-refractivity contribution in [3.63, 3.8) is 0 Å². The molecule has 1 aromatic rings. The van der Waals surface area contributed by atoms with Crippen LogP contribution in [0.3, 0.4) is 0 Å². The zero-order valence-corrected chi connectivity index (χ0v) is 11.8. The summed E-state index contributed by atoms with van der Waals surface area (Å²) in [5.41, 5.74) is 0.989. The first-order valence-corrected chi connectivity index (χ1v) is 6.67. The summed E-state index contributed by atoms with van der Waals surface area (Å²) in [7, 11) is 1.58. The van der Waals surface area contributed by atoms with Crippen LogP contribution in [0.5, 0.6) is 5.88 Å². The van der Waals surface area contributed by atoms with E-state index in [-0.39, 0.29) is 10.8 Å². The van der Waals surface area contributed by atoms with Crippen molar-refractivity contribution in [1.82, 2.24) is 9.71 Å². The van der Waals surface area contributed by atoms with Crippen molar-refractivity contribution in [1.29, 1.82) is 0 Å². The van der Waals surface area contributed by atoms with Gasteiger partial charge in [0, 0.05) is 23.6 Å². The molecule has 1 aromatic heterocycles. The van der Waals surface area contributed by atoms with Crippen molar-refractivity contribution in [2.45, 2.75) is 38.5 Å². The molecule has 0 bridgehead atoms. The van der Waals surface area contributed by atoms with Gasteiger partial charge in [-0.05, 0) is 33.3 Å². The minimum absolute atomic E-state index is 0.00605. The Hall–Kier alpha value is -0.780. The summed E-state index contributed by atoms with van der Waals surface area (Å²) < 4.78 is 19.7. The Kier molecular flexibility index (Phi) is 4.80. The first-order valence-electron chi connectivity index (χ1n) is 5.52. The molecule has 1 rings (SSSR count). The second-order valence-corrected chi connectivity index (χ2v) is 6.85. The summed E-state index contributed by atoms with van der Waals surface area (Å²) in [6, 6.07) is 3.71. The lowest BCUT2D eigenvalue weighted by Crippen LogP contribution is -2.40. The maximum Gasteiger partial charge on any atom is 0.212 e. The van der Waals surface area contributed by atoms with Crippen LogP contribution in [0, 0.1) is 0 Å². The van der Waals surface area contributed by atoms with E-state index in [0.717, 1.165) is 5.56 Å². The van der Waals surface area contributed by atoms with Gasteiger partial charge in [0.2, 0.25) is 5.88 Å². The number of hydrogen-bond acceptors (Lipinski definition) is 4. The van der Waals surface area contributed by atoms with Crippen LogP contribution in [-0.2, 0) is 11.4 Å². The number of nitrogens with one attached hydrogen (secondary N) is 1. The minimum atomic E-state index is -1.08. The summed E-state index contributed by atoms with van der Waals surface area (Å²) in [4.78, 5) is 4.13. The number of aromatic nitrogens is 1. The Bertz CT molecular complexity index is 349. The van der Waals surface area contributed by atoms with Crippen molar-refractivity contribution in [3.05, 3.63) is 23.9 Å². The second-order valence-electron chi connectivity index (χ2n) is 4.85. The van der Waals surface area contributed by atoms with Crippen LogP contribution < -0.4 is 9.46 Å². The number of nitrogens with zero attached hydrogens (tertiary/aromatic N) is 1. The van der Waals surface area contributed by atoms with E-state index in [1.165, 1.54) is 0 Å². The number of methoxy groups -OCH3 is 1. The van der Waals surface area contributed by atoms with Crippen LogP contribution in [0.25, 0.3) is 0 Å². The van der Waals surface area contributed by atoms with E-state index in [1.807, 2.05) is 33.8 Å². The molecule has 0 aliphatic rings. The third-order valence-electron chi connectivity index (χ3n) is 2.31. The highest BCUT2D eigenvalue weighted by Crippen LogP contribution is 2.20. The zero-order chi connectivity index (χ0) is 13.1. The Balaban J connectivity index is 2.66. The van der Waals surface area contributed by atoms with Crippen molar-refractivity contribution in [2.75, 3.05) is 7.11 Å². The summed E-state index contributed by atoms with van der Waals surface area (Å²) in [6.07, 6.45) is 1.73. The van der Waals surface area contributed by atoms with Gasteiger partial charge >= 0.3 is 0 Å². The van der Waals surface area contributed by atoms with Crippen LogP contribution in [0.15, 0.2) is 18.3 Å². The van der Waals surface area contributed by atoms with Crippen molar-refractivity contribution in [3.8, 4) is 5.88 Å². The maximum atomic E-state index is 11.9. The topological polar surface area (TPSA) is 57.2 Å². The van der Waals surface area contributed by atoms with Crippen LogP contribution in [0.2, 0.25) is 0 Å². The standard InChI is InChI=1S/C12H20N2O2S/c1-9(14-17(15)12(2,3)4)10-6-7-11(16-5)13-8-10/h6-9,14H,1-5H3/t9?,17-/m0/s1. The summed E-state index contributed by atoms with van der Waals surface area (Å²) in [5.74, 6) is 0.581. The molecule has 1 N–H and O–H groups in total. The molecule has 0 aliphatic heterocycles. The summed E-state index contributed by atoms with van der Waals surface area (Å²) >= 11 is -1.08. The molecule has 0 spiro atoms. The molecule has 1 heterocycles. The van der Waals surface area contributed by atoms with Gasteiger partial charge in [-0.2, -0.15) is 0 Å². The number of pyridine rings is 1. The van der Waals surface area contributed by atoms with E-state index in [0.29, 0.717) is 5.88 Å². The van der Waals surface area contributed by atoms with Gasteiger partial charge in [0.15, 0.2) is 0 Å². The molecule has 0 fully saturated rings. The molecule has 4 nitrogen and oxygen atoms in total. The summed E-state index contributed by atoms with van der Waals surface area (Å²) in [5, 5.41) is 0. The van der Waals surface area contributed by atoms with Gasteiger partial charge in [0.1, 0.15) is 4.75 Å². The largest absolute Gasteiger partial charge is 0.598 e. The smallest absolute Gasteiger partial charge is 0.212 e. The lowest BCUT2D eigenvalue weighted by molar-refractivity contribution is 0.397. The van der Waals surface area contributed by atoms with Gasteiger partial charge in [0.25, 0.3) is 0 Å². The van der Waals surface area contributed by atoms with Gasteiger partial charge in [-0.15, -0.1) is 4.72 Å². The van der Waals surface area contributed by atoms with Gasteiger partial charge in [-0.1, -0.05) is 6.07 Å². The van der Waals surface area contributed by atoms with Crippen molar-refractivity contribution < 1.29 is 9.29 Å². The fourth-order valence-electron chi connectivity index (χ4n) is 1.17. The van der Waals surface area contributed by atoms with Gasteiger partial charge < -0.3 is 9.29 Å². The second kappa shape index (κ2) is 5.71. The van der Waals surface area contributed by atoms with Crippen LogP contribution in [0.4, 0.5) is 0 Å². The first-order chi connectivity index (χ1) is 7.84. The minimum Gasteiger partial charge on any atom is -0.598 e. The Morgan fingerprint density at radius 2 is 2.06 bits per heavy atom. The summed E-state index contributed by atoms with van der Waals surface area (Å²) in [6.45, 7) is 7.78. The van der Waals surface area contributed by atoms with E-state index < -0.39 is 11.4 Å². The first kappa shape index (κ1) is 14.3. The van der Waals surface area contributed by atoms with Crippen molar-refractivity contribution >= 4 is 11.4 Å². The molecule has 0 aliphatic carbocycles. The molecule has 2 atom stereocenters. The molecule has 96 valence electrons. The van der Waals surface area contributed by atoms with E-state index in [4.69, 9.17) is 4.74 Å². The van der Waals surface area contributed by atoms with Crippen LogP contribution in [-0.4, -0.2) is 21.4 Å². The highest BCUT2D eigenvalue weighted by molar-refractivity contribution is 7.90. The average molecular weight is 256 g/mol. The fourth-order valence-corrected chi connectivity index (χ4v) is 1.98. The number of hydrogen-bond donors (Lipinski definition) is 1. The lowest BCUT2D eigenvalue weighted by Gasteiger charge is -2.26. The quantitative estimate of drug-likeness (QED) is 0.839. The zero-order valence-electron chi connectivity index (χ0n) is 11.0. The van der Waals surface area contributed by atoms with E-state index in [9.17, 15) is 4.55 Å². The Morgan fingerprint density at radius 1 is 1.41 bits per heavy atom. The lowest BCUT2D eigenvalue weighted by atomic mass is 10.2. The Morgan fingerprint density at radius 3 is 2.47 bits per heavy atom. The molecule has 0 radical (unpaired) electrons. The molecular weight excluding hydrogens is 236 g/mol. The highest BCUT2D eigenvalue weighted by Gasteiger charge is 2.28. The molecule has 5 heteroatoms. The molecule has 0 saturated carbocycles. The van der Waals surface area contributed by atoms with Gasteiger partial charge in [-0.25, -0.2) is 4.98 Å². The SMILES string of the molecule is COc1ccc(C(C)N[S@@+]([O-])C(C)(C)C)cn1. The molecule has 0 amide bonds. The maximum absolute atomic E-state index is 11.9. The van der Waals surface area contributed by atoms with E-state index >= 15 is 0 Å². The third kappa shape index (κ3) is 4.18. The van der Waals surface area contributed by atoms with Gasteiger partial charge in [0.05, 0.1) is 13.2 Å². The third-order valence-corrected chi connectivity index (χ3v) is 3.99. The molecule has 1 unspecified atom stereocenters. The number of rotatable bonds is 4. The predicted octanol–water partition coefficient (Wildman–Crippen LogP) is 2.20. The molecule has 0 saturated heterocycles. The monoisotopic (exact) mass is 256 g/mol. The van der Waals surface area contributed by atoms with E-state index in [1.54, 1.807) is 19.4 Å². The van der Waals surface area contributed by atoms with Crippen LogP contribution in [0.1, 0.15) is 39.3 Å². The molecule has 17 heavy (non-hydrogen) atoms. The van der Waals surface area contributed by atoms with E-state index in [2.05, 4.69) is 9.71 Å². The van der Waals surface area contributed by atoms with Crippen molar-refractivity contribution in [2.24, 2.45) is 0 Å². The average Bonchev–Trinajstić information content (AvgIpc) is 2.27. The Labute approximate surface area is 106 Å². The predicted molar refractivity (Wildman–Crippen MR) is 70.2 cm³/mol. The fraction of sp³-hybridized carbons (Fsp3) is 0.583.